The molecule has 2 heteroatoms. The summed E-state index contributed by atoms with van der Waals surface area (Å²) >= 11 is 0. The van der Waals surface area contributed by atoms with Crippen molar-refractivity contribution in [3.63, 3.8) is 0 Å². The first-order chi connectivity index (χ1) is 4.35. The lowest BCUT2D eigenvalue weighted by atomic mass is 10.3. The van der Waals surface area contributed by atoms with Crippen LogP contribution in [-0.4, -0.2) is 12.3 Å². The van der Waals surface area contributed by atoms with Crippen molar-refractivity contribution in [3.8, 4) is 0 Å². The molecule has 0 aliphatic heterocycles. The highest BCUT2D eigenvalue weighted by atomic mass is 14.7. The lowest BCUT2D eigenvalue weighted by molar-refractivity contribution is 1.30. The quantitative estimate of drug-likeness (QED) is 0.562. The number of hydrogen-bond donors (Lipinski definition) is 1. The number of nitrogens with zero attached hydrogens (tertiary/aromatic N) is 1. The lowest BCUT2D eigenvalue weighted by Crippen LogP contribution is -2.10. The summed E-state index contributed by atoms with van der Waals surface area (Å²) in [5.41, 5.74) is 6.17. The summed E-state index contributed by atoms with van der Waals surface area (Å²) in [7, 11) is 0. The Labute approximate surface area is 55.8 Å². The second kappa shape index (κ2) is 5.25. The summed E-state index contributed by atoms with van der Waals surface area (Å²) in [6.07, 6.45) is 5.25. The van der Waals surface area contributed by atoms with Crippen molar-refractivity contribution < 1.29 is 0 Å². The Bertz CT molecular complexity index is 134. The zero-order valence-corrected chi connectivity index (χ0v) is 5.67. The van der Waals surface area contributed by atoms with E-state index in [1.54, 1.807) is 0 Å². The highest BCUT2D eigenvalue weighted by Gasteiger charge is 1.83. The van der Waals surface area contributed by atoms with Crippen LogP contribution in [0.2, 0.25) is 0 Å². The van der Waals surface area contributed by atoms with E-state index in [9.17, 15) is 0 Å². The molecule has 0 aromatic heterocycles. The highest BCUT2D eigenvalue weighted by Crippen LogP contribution is 1.79. The summed E-state index contributed by atoms with van der Waals surface area (Å²) in [6, 6.07) is 0. The van der Waals surface area contributed by atoms with E-state index in [2.05, 4.69) is 11.6 Å². The second-order valence-corrected chi connectivity index (χ2v) is 1.51. The molecule has 0 aliphatic rings. The van der Waals surface area contributed by atoms with E-state index in [-0.39, 0.29) is 0 Å². The predicted molar refractivity (Wildman–Crippen MR) is 41.5 cm³/mol. The third-order valence-corrected chi connectivity index (χ3v) is 0.825. The van der Waals surface area contributed by atoms with Gasteiger partial charge in [0, 0.05) is 12.7 Å². The van der Waals surface area contributed by atoms with Gasteiger partial charge in [0.05, 0.1) is 5.71 Å². The zero-order valence-electron chi connectivity index (χ0n) is 5.67. The van der Waals surface area contributed by atoms with Crippen LogP contribution >= 0.6 is 0 Å². The molecule has 0 aromatic rings. The molecule has 0 rings (SSSR count). The average Bonchev–Trinajstić information content (AvgIpc) is 1.88. The van der Waals surface area contributed by atoms with E-state index < -0.39 is 0 Å². The van der Waals surface area contributed by atoms with Gasteiger partial charge in [-0.2, -0.15) is 0 Å². The molecule has 0 saturated carbocycles. The second-order valence-electron chi connectivity index (χ2n) is 1.51. The van der Waals surface area contributed by atoms with Crippen LogP contribution in [0.5, 0.6) is 0 Å². The normalized spacial score (nSPS) is 12.4. The van der Waals surface area contributed by atoms with Crippen LogP contribution in [-0.2, 0) is 0 Å². The van der Waals surface area contributed by atoms with Gasteiger partial charge in [0.2, 0.25) is 0 Å². The van der Waals surface area contributed by atoms with E-state index in [1.807, 2.05) is 19.1 Å². The maximum Gasteiger partial charge on any atom is 0.0535 e. The minimum absolute atomic E-state index is 0.469. The van der Waals surface area contributed by atoms with Crippen LogP contribution in [0.1, 0.15) is 6.92 Å². The predicted octanol–water partition coefficient (Wildman–Crippen LogP) is 1.11. The molecular formula is C7H12N2. The van der Waals surface area contributed by atoms with Crippen LogP contribution in [0, 0.1) is 0 Å². The van der Waals surface area contributed by atoms with Crippen LogP contribution in [0.3, 0.4) is 0 Å². The molecule has 0 atom stereocenters. The third kappa shape index (κ3) is 3.67. The maximum absolute atomic E-state index is 5.32. The van der Waals surface area contributed by atoms with Gasteiger partial charge >= 0.3 is 0 Å². The Morgan fingerprint density at radius 3 is 2.78 bits per heavy atom. The topological polar surface area (TPSA) is 38.4 Å². The van der Waals surface area contributed by atoms with Gasteiger partial charge in [0.25, 0.3) is 0 Å². The summed E-state index contributed by atoms with van der Waals surface area (Å²) in [4.78, 5) is 3.90. The molecule has 0 fully saturated rings. The minimum atomic E-state index is 0.469. The number of allylic oxidation sites excluding steroid dienone is 1. The van der Waals surface area contributed by atoms with Crippen LogP contribution < -0.4 is 5.73 Å². The maximum atomic E-state index is 5.32. The summed E-state index contributed by atoms with van der Waals surface area (Å²) in [5.74, 6) is 0. The first-order valence-electron chi connectivity index (χ1n) is 2.85. The SMILES string of the molecule is C=C/N=C(\C=C/C)CN. The van der Waals surface area contributed by atoms with E-state index in [4.69, 9.17) is 5.73 Å². The van der Waals surface area contributed by atoms with E-state index >= 15 is 0 Å². The fourth-order valence-electron chi connectivity index (χ4n) is 0.473. The van der Waals surface area contributed by atoms with Crippen LogP contribution in [0.15, 0.2) is 29.9 Å². The van der Waals surface area contributed by atoms with Gasteiger partial charge in [-0.3, -0.25) is 4.99 Å². The molecular weight excluding hydrogens is 112 g/mol. The molecule has 0 spiro atoms. The van der Waals surface area contributed by atoms with Crippen LogP contribution in [0.4, 0.5) is 0 Å². The largest absolute Gasteiger partial charge is 0.325 e. The summed E-state index contributed by atoms with van der Waals surface area (Å²) < 4.78 is 0. The minimum Gasteiger partial charge on any atom is -0.325 e. The van der Waals surface area contributed by atoms with Gasteiger partial charge < -0.3 is 5.73 Å². The van der Waals surface area contributed by atoms with Gasteiger partial charge in [-0.1, -0.05) is 12.7 Å². The molecule has 2 N–H and O–H groups in total. The molecule has 50 valence electrons. The highest BCUT2D eigenvalue weighted by molar-refractivity contribution is 5.96. The Balaban J connectivity index is 3.96. The van der Waals surface area contributed by atoms with Crippen molar-refractivity contribution in [2.75, 3.05) is 6.54 Å². The Morgan fingerprint density at radius 2 is 2.44 bits per heavy atom. The van der Waals surface area contributed by atoms with E-state index in [0.717, 1.165) is 5.71 Å². The van der Waals surface area contributed by atoms with Crippen molar-refractivity contribution in [1.82, 2.24) is 0 Å². The molecule has 0 saturated heterocycles. The first-order valence-corrected chi connectivity index (χ1v) is 2.85. The Morgan fingerprint density at radius 1 is 1.78 bits per heavy atom. The van der Waals surface area contributed by atoms with Crippen molar-refractivity contribution in [2.45, 2.75) is 6.92 Å². The molecule has 0 radical (unpaired) electrons. The van der Waals surface area contributed by atoms with Gasteiger partial charge in [0.15, 0.2) is 0 Å². The number of nitrogens with two attached hydrogens (primary N) is 1. The third-order valence-electron chi connectivity index (χ3n) is 0.825. The summed E-state index contributed by atoms with van der Waals surface area (Å²) in [5, 5.41) is 0. The molecule has 0 heterocycles. The Kier molecular flexibility index (Phi) is 4.73. The van der Waals surface area contributed by atoms with Crippen molar-refractivity contribution in [2.24, 2.45) is 10.7 Å². The molecule has 9 heavy (non-hydrogen) atoms. The van der Waals surface area contributed by atoms with Crippen LogP contribution in [0.25, 0.3) is 0 Å². The average molecular weight is 124 g/mol. The first kappa shape index (κ1) is 8.11. The number of hydrogen-bond acceptors (Lipinski definition) is 2. The molecule has 0 amide bonds. The van der Waals surface area contributed by atoms with Crippen molar-refractivity contribution >= 4 is 5.71 Å². The number of aliphatic imine (C=N–C) groups is 1. The zero-order chi connectivity index (χ0) is 7.11. The molecule has 2 nitrogen and oxygen atoms in total. The van der Waals surface area contributed by atoms with E-state index in [0.29, 0.717) is 6.54 Å². The summed E-state index contributed by atoms with van der Waals surface area (Å²) in [6.45, 7) is 5.85. The molecule has 0 aliphatic carbocycles. The van der Waals surface area contributed by atoms with Gasteiger partial charge in [0.1, 0.15) is 0 Å². The monoisotopic (exact) mass is 124 g/mol. The van der Waals surface area contributed by atoms with E-state index in [1.165, 1.54) is 6.20 Å². The molecule has 0 bridgehead atoms. The van der Waals surface area contributed by atoms with Gasteiger partial charge in [-0.15, -0.1) is 0 Å². The molecule has 0 aromatic carbocycles. The van der Waals surface area contributed by atoms with Gasteiger partial charge in [-0.05, 0) is 13.0 Å². The molecule has 0 unspecified atom stereocenters. The smallest absolute Gasteiger partial charge is 0.0535 e. The lowest BCUT2D eigenvalue weighted by Gasteiger charge is -1.89. The fraction of sp³-hybridized carbons (Fsp3) is 0.286. The fourth-order valence-corrected chi connectivity index (χ4v) is 0.473. The standard InChI is InChI=1S/C7H12N2/c1-3-5-7(6-8)9-4-2/h3-5H,2,6,8H2,1H3/b5-3-,9-7+. The Hall–Kier alpha value is -0.890. The van der Waals surface area contributed by atoms with Gasteiger partial charge in [-0.25, -0.2) is 0 Å². The number of rotatable bonds is 3. The van der Waals surface area contributed by atoms with Crippen molar-refractivity contribution in [1.29, 1.82) is 0 Å². The van der Waals surface area contributed by atoms with Crippen molar-refractivity contribution in [3.05, 3.63) is 24.9 Å².